The molecule has 0 aromatic carbocycles. The van der Waals surface area contributed by atoms with Gasteiger partial charge in [0.05, 0.1) is 20.6 Å². The maximum atomic E-state index is 12.8. The van der Waals surface area contributed by atoms with Crippen molar-refractivity contribution in [3.05, 3.63) is 23.0 Å². The summed E-state index contributed by atoms with van der Waals surface area (Å²) in [5, 5.41) is 8.71. The lowest BCUT2D eigenvalue weighted by Gasteiger charge is -2.12. The second kappa shape index (κ2) is 5.91. The van der Waals surface area contributed by atoms with Crippen LogP contribution in [-0.2, 0) is 16.0 Å². The number of carbonyl (C=O) groups is 1. The van der Waals surface area contributed by atoms with Crippen molar-refractivity contribution in [1.29, 1.82) is 5.26 Å². The molecule has 1 aromatic heterocycles. The van der Waals surface area contributed by atoms with Crippen LogP contribution >= 0.6 is 0 Å². The van der Waals surface area contributed by atoms with Crippen LogP contribution in [0.2, 0.25) is 0 Å². The summed E-state index contributed by atoms with van der Waals surface area (Å²) >= 11 is 0. The fourth-order valence-corrected chi connectivity index (χ4v) is 1.41. The molecule has 0 aliphatic heterocycles. The molecule has 96 valence electrons. The molecule has 5 nitrogen and oxygen atoms in total. The summed E-state index contributed by atoms with van der Waals surface area (Å²) in [6, 6.07) is 2.88. The van der Waals surface area contributed by atoms with Crippen molar-refractivity contribution >= 4 is 5.97 Å². The second-order valence-corrected chi connectivity index (χ2v) is 3.25. The van der Waals surface area contributed by atoms with Gasteiger partial charge in [-0.05, 0) is 6.07 Å². The van der Waals surface area contributed by atoms with Gasteiger partial charge in [-0.1, -0.05) is 0 Å². The lowest BCUT2D eigenvalue weighted by Crippen LogP contribution is -2.09. The zero-order valence-electron chi connectivity index (χ0n) is 9.74. The maximum Gasteiger partial charge on any atom is 0.310 e. The van der Waals surface area contributed by atoms with Gasteiger partial charge >= 0.3 is 5.97 Å². The van der Waals surface area contributed by atoms with Gasteiger partial charge in [-0.3, -0.25) is 4.79 Å². The van der Waals surface area contributed by atoms with E-state index in [1.165, 1.54) is 20.3 Å². The SMILES string of the molecule is COC(=O)Cc1cc(C#N)nc(C(F)F)c1OC. The molecule has 0 saturated heterocycles. The summed E-state index contributed by atoms with van der Waals surface area (Å²) in [6.45, 7) is 0. The Kier molecular flexibility index (Phi) is 4.54. The van der Waals surface area contributed by atoms with E-state index in [-0.39, 0.29) is 23.4 Å². The molecule has 0 N–H and O–H groups in total. The Morgan fingerprint density at radius 2 is 2.22 bits per heavy atom. The average Bonchev–Trinajstić information content (AvgIpc) is 2.37. The van der Waals surface area contributed by atoms with E-state index in [0.29, 0.717) is 0 Å². The fraction of sp³-hybridized carbons (Fsp3) is 0.364. The molecule has 0 unspecified atom stereocenters. The molecule has 0 amide bonds. The minimum atomic E-state index is -2.90. The zero-order chi connectivity index (χ0) is 13.7. The quantitative estimate of drug-likeness (QED) is 0.765. The number of esters is 1. The molecule has 0 aliphatic rings. The van der Waals surface area contributed by atoms with E-state index in [1.54, 1.807) is 6.07 Å². The van der Waals surface area contributed by atoms with Crippen LogP contribution in [0.25, 0.3) is 0 Å². The zero-order valence-corrected chi connectivity index (χ0v) is 9.74. The Bertz CT molecular complexity index is 498. The number of aromatic nitrogens is 1. The van der Waals surface area contributed by atoms with Gasteiger partial charge in [0, 0.05) is 5.56 Å². The number of nitriles is 1. The summed E-state index contributed by atoms with van der Waals surface area (Å²) in [7, 11) is 2.37. The van der Waals surface area contributed by atoms with Gasteiger partial charge in [-0.15, -0.1) is 0 Å². The molecule has 0 aliphatic carbocycles. The third-order valence-electron chi connectivity index (χ3n) is 2.16. The lowest BCUT2D eigenvalue weighted by molar-refractivity contribution is -0.139. The molecule has 0 spiro atoms. The molecule has 0 atom stereocenters. The molecule has 1 rings (SSSR count). The number of ether oxygens (including phenoxy) is 2. The van der Waals surface area contributed by atoms with Crippen molar-refractivity contribution < 1.29 is 23.0 Å². The minimum Gasteiger partial charge on any atom is -0.494 e. The average molecular weight is 256 g/mol. The smallest absolute Gasteiger partial charge is 0.310 e. The molecular formula is C11H10F2N2O3. The summed E-state index contributed by atoms with van der Waals surface area (Å²) in [5.74, 6) is -0.821. The number of hydrogen-bond donors (Lipinski definition) is 0. The summed E-state index contributed by atoms with van der Waals surface area (Å²) in [4.78, 5) is 14.6. The first-order valence-corrected chi connectivity index (χ1v) is 4.86. The highest BCUT2D eigenvalue weighted by molar-refractivity contribution is 5.73. The van der Waals surface area contributed by atoms with Crippen LogP contribution in [0.4, 0.5) is 8.78 Å². The second-order valence-electron chi connectivity index (χ2n) is 3.25. The van der Waals surface area contributed by atoms with Crippen molar-refractivity contribution in [1.82, 2.24) is 4.98 Å². The van der Waals surface area contributed by atoms with E-state index in [0.717, 1.165) is 0 Å². The number of nitrogens with zero attached hydrogens (tertiary/aromatic N) is 2. The number of halogens is 2. The van der Waals surface area contributed by atoms with Gasteiger partial charge < -0.3 is 9.47 Å². The van der Waals surface area contributed by atoms with Crippen molar-refractivity contribution in [2.75, 3.05) is 14.2 Å². The largest absolute Gasteiger partial charge is 0.494 e. The third kappa shape index (κ3) is 2.91. The van der Waals surface area contributed by atoms with Crippen LogP contribution < -0.4 is 4.74 Å². The molecule has 1 heterocycles. The summed E-state index contributed by atoms with van der Waals surface area (Å²) in [6.07, 6.45) is -3.17. The number of pyridine rings is 1. The van der Waals surface area contributed by atoms with Crippen LogP contribution in [0.3, 0.4) is 0 Å². The van der Waals surface area contributed by atoms with Crippen molar-refractivity contribution in [2.45, 2.75) is 12.8 Å². The maximum absolute atomic E-state index is 12.8. The number of carbonyl (C=O) groups excluding carboxylic acids is 1. The van der Waals surface area contributed by atoms with Crippen LogP contribution in [0.5, 0.6) is 5.75 Å². The number of rotatable bonds is 4. The number of methoxy groups -OCH3 is 2. The van der Waals surface area contributed by atoms with E-state index < -0.39 is 18.1 Å². The van der Waals surface area contributed by atoms with Crippen LogP contribution in [-0.4, -0.2) is 25.2 Å². The Labute approximate surface area is 102 Å². The molecule has 0 radical (unpaired) electrons. The Hall–Kier alpha value is -2.23. The van der Waals surface area contributed by atoms with E-state index in [9.17, 15) is 13.6 Å². The van der Waals surface area contributed by atoms with Crippen molar-refractivity contribution in [2.24, 2.45) is 0 Å². The monoisotopic (exact) mass is 256 g/mol. The van der Waals surface area contributed by atoms with Crippen LogP contribution in [0.1, 0.15) is 23.4 Å². The van der Waals surface area contributed by atoms with Gasteiger partial charge in [0.25, 0.3) is 6.43 Å². The first-order chi connectivity index (χ1) is 8.53. The Balaban J connectivity index is 3.34. The standard InChI is InChI=1S/C11H10F2N2O3/c1-17-8(16)4-6-3-7(5-14)15-9(11(12)13)10(6)18-2/h3,11H,4H2,1-2H3. The predicted octanol–water partition coefficient (Wildman–Crippen LogP) is 1.61. The lowest BCUT2D eigenvalue weighted by atomic mass is 10.1. The highest BCUT2D eigenvalue weighted by Crippen LogP contribution is 2.31. The molecule has 1 aromatic rings. The molecule has 7 heteroatoms. The van der Waals surface area contributed by atoms with Gasteiger partial charge in [-0.25, -0.2) is 13.8 Å². The van der Waals surface area contributed by atoms with E-state index >= 15 is 0 Å². The van der Waals surface area contributed by atoms with Crippen molar-refractivity contribution in [3.63, 3.8) is 0 Å². The van der Waals surface area contributed by atoms with E-state index in [4.69, 9.17) is 10.00 Å². The Morgan fingerprint density at radius 3 is 2.67 bits per heavy atom. The van der Waals surface area contributed by atoms with Gasteiger partial charge in [-0.2, -0.15) is 5.26 Å². The number of hydrogen-bond acceptors (Lipinski definition) is 5. The Morgan fingerprint density at radius 1 is 1.56 bits per heavy atom. The van der Waals surface area contributed by atoms with Crippen LogP contribution in [0, 0.1) is 11.3 Å². The number of alkyl halides is 2. The van der Waals surface area contributed by atoms with Gasteiger partial charge in [0.1, 0.15) is 23.2 Å². The van der Waals surface area contributed by atoms with Crippen LogP contribution in [0.15, 0.2) is 6.07 Å². The van der Waals surface area contributed by atoms with Gasteiger partial charge in [0.15, 0.2) is 0 Å². The predicted molar refractivity (Wildman–Crippen MR) is 56.2 cm³/mol. The van der Waals surface area contributed by atoms with Gasteiger partial charge in [0.2, 0.25) is 0 Å². The van der Waals surface area contributed by atoms with Crippen molar-refractivity contribution in [3.8, 4) is 11.8 Å². The molecule has 0 fully saturated rings. The summed E-state index contributed by atoms with van der Waals surface area (Å²) < 4.78 is 34.8. The highest BCUT2D eigenvalue weighted by Gasteiger charge is 2.22. The van der Waals surface area contributed by atoms with E-state index in [1.807, 2.05) is 0 Å². The normalized spacial score (nSPS) is 10.0. The molecule has 18 heavy (non-hydrogen) atoms. The fourth-order valence-electron chi connectivity index (χ4n) is 1.41. The molecule has 0 saturated carbocycles. The third-order valence-corrected chi connectivity index (χ3v) is 2.16. The first-order valence-electron chi connectivity index (χ1n) is 4.86. The highest BCUT2D eigenvalue weighted by atomic mass is 19.3. The topological polar surface area (TPSA) is 72.2 Å². The minimum absolute atomic E-state index is 0.145. The molecule has 0 bridgehead atoms. The summed E-state index contributed by atoms with van der Waals surface area (Å²) in [5.41, 5.74) is -0.716. The molecular weight excluding hydrogens is 246 g/mol. The van der Waals surface area contributed by atoms with E-state index in [2.05, 4.69) is 9.72 Å². The first kappa shape index (κ1) is 13.8.